The van der Waals surface area contributed by atoms with Crippen LogP contribution in [-0.2, 0) is 6.54 Å². The second-order valence-electron chi connectivity index (χ2n) is 6.73. The Morgan fingerprint density at radius 2 is 2.13 bits per heavy atom. The van der Waals surface area contributed by atoms with Gasteiger partial charge in [0.15, 0.2) is 5.76 Å². The molecule has 2 aromatic rings. The highest BCUT2D eigenvalue weighted by atomic mass is 16.3. The van der Waals surface area contributed by atoms with Crippen LogP contribution in [0.4, 0.5) is 0 Å². The molecule has 5 nitrogen and oxygen atoms in total. The summed E-state index contributed by atoms with van der Waals surface area (Å²) in [4.78, 5) is 16.7. The number of hydrogen-bond acceptors (Lipinski definition) is 4. The minimum absolute atomic E-state index is 0.121. The smallest absolute Gasteiger partial charge is 0.290 e. The summed E-state index contributed by atoms with van der Waals surface area (Å²) >= 11 is 0. The molecule has 1 aliphatic rings. The van der Waals surface area contributed by atoms with Crippen LogP contribution in [-0.4, -0.2) is 54.1 Å². The van der Waals surface area contributed by atoms with Crippen molar-refractivity contribution in [1.82, 2.24) is 9.80 Å². The zero-order valence-electron chi connectivity index (χ0n) is 14.0. The van der Waals surface area contributed by atoms with E-state index in [0.29, 0.717) is 25.4 Å². The van der Waals surface area contributed by atoms with Crippen LogP contribution < -0.4 is 0 Å². The molecule has 124 valence electrons. The number of aliphatic hydroxyl groups is 1. The molecule has 1 fully saturated rings. The third kappa shape index (κ3) is 3.12. The molecule has 5 heteroatoms. The fourth-order valence-electron chi connectivity index (χ4n) is 3.12. The lowest BCUT2D eigenvalue weighted by Gasteiger charge is -2.34. The van der Waals surface area contributed by atoms with Crippen molar-refractivity contribution in [3.63, 3.8) is 0 Å². The highest BCUT2D eigenvalue weighted by Gasteiger charge is 2.31. The molecule has 23 heavy (non-hydrogen) atoms. The number of rotatable bonds is 3. The van der Waals surface area contributed by atoms with E-state index < -0.39 is 6.10 Å². The summed E-state index contributed by atoms with van der Waals surface area (Å²) in [5.74, 6) is 0.515. The lowest BCUT2D eigenvalue weighted by Crippen LogP contribution is -2.46. The molecular weight excluding hydrogens is 292 g/mol. The first kappa shape index (κ1) is 16.0. The second kappa shape index (κ2) is 6.34. The van der Waals surface area contributed by atoms with E-state index in [1.165, 1.54) is 0 Å². The number of nitrogens with zero attached hydrogens (tertiary/aromatic N) is 2. The SMILES string of the molecule is CC1CCN(C(=O)c2oc3ccccc3c2CN(C)C)CC1O. The van der Waals surface area contributed by atoms with Gasteiger partial charge in [-0.15, -0.1) is 0 Å². The van der Waals surface area contributed by atoms with Gasteiger partial charge in [-0.25, -0.2) is 0 Å². The first-order valence-electron chi connectivity index (χ1n) is 8.10. The largest absolute Gasteiger partial charge is 0.451 e. The molecule has 1 amide bonds. The van der Waals surface area contributed by atoms with Crippen LogP contribution in [0.15, 0.2) is 28.7 Å². The van der Waals surface area contributed by atoms with Gasteiger partial charge in [-0.05, 0) is 32.5 Å². The van der Waals surface area contributed by atoms with Gasteiger partial charge >= 0.3 is 0 Å². The predicted octanol–water partition coefficient (Wildman–Crippen LogP) is 2.34. The molecule has 1 aromatic heterocycles. The number of piperidine rings is 1. The third-order valence-corrected chi connectivity index (χ3v) is 4.57. The number of benzene rings is 1. The fourth-order valence-corrected chi connectivity index (χ4v) is 3.12. The molecule has 2 heterocycles. The van der Waals surface area contributed by atoms with Crippen LogP contribution in [0.25, 0.3) is 11.0 Å². The topological polar surface area (TPSA) is 56.9 Å². The van der Waals surface area contributed by atoms with Gasteiger partial charge in [0.25, 0.3) is 5.91 Å². The van der Waals surface area contributed by atoms with Crippen molar-refractivity contribution < 1.29 is 14.3 Å². The summed E-state index contributed by atoms with van der Waals surface area (Å²) < 4.78 is 5.88. The maximum Gasteiger partial charge on any atom is 0.290 e. The van der Waals surface area contributed by atoms with Crippen molar-refractivity contribution in [3.05, 3.63) is 35.6 Å². The van der Waals surface area contributed by atoms with Crippen LogP contribution in [0.5, 0.6) is 0 Å². The van der Waals surface area contributed by atoms with E-state index >= 15 is 0 Å². The maximum atomic E-state index is 12.9. The van der Waals surface area contributed by atoms with Crippen molar-refractivity contribution in [3.8, 4) is 0 Å². The van der Waals surface area contributed by atoms with Gasteiger partial charge in [0.2, 0.25) is 0 Å². The minimum atomic E-state index is -0.464. The average Bonchev–Trinajstić information content (AvgIpc) is 2.87. The number of hydrogen-bond donors (Lipinski definition) is 1. The minimum Gasteiger partial charge on any atom is -0.451 e. The summed E-state index contributed by atoms with van der Waals surface area (Å²) in [5.41, 5.74) is 1.65. The molecule has 0 radical (unpaired) electrons. The molecule has 0 saturated carbocycles. The van der Waals surface area contributed by atoms with E-state index in [1.54, 1.807) is 4.90 Å². The van der Waals surface area contributed by atoms with Crippen molar-refractivity contribution >= 4 is 16.9 Å². The molecule has 0 spiro atoms. The summed E-state index contributed by atoms with van der Waals surface area (Å²) in [6.45, 7) is 3.70. The number of carbonyl (C=O) groups excluding carboxylic acids is 1. The predicted molar refractivity (Wildman–Crippen MR) is 89.3 cm³/mol. The number of carbonyl (C=O) groups is 1. The summed E-state index contributed by atoms with van der Waals surface area (Å²) in [7, 11) is 3.95. The molecular formula is C18H24N2O3. The van der Waals surface area contributed by atoms with Crippen LogP contribution >= 0.6 is 0 Å². The fraction of sp³-hybridized carbons (Fsp3) is 0.500. The Morgan fingerprint density at radius 1 is 1.39 bits per heavy atom. The number of furan rings is 1. The summed E-state index contributed by atoms with van der Waals surface area (Å²) in [5, 5.41) is 11.0. The molecule has 1 aromatic carbocycles. The Labute approximate surface area is 136 Å². The van der Waals surface area contributed by atoms with E-state index in [1.807, 2.05) is 50.2 Å². The third-order valence-electron chi connectivity index (χ3n) is 4.57. The average molecular weight is 316 g/mol. The molecule has 2 unspecified atom stereocenters. The molecule has 3 rings (SSSR count). The van der Waals surface area contributed by atoms with Gasteiger partial charge in [-0.3, -0.25) is 4.79 Å². The molecule has 0 bridgehead atoms. The van der Waals surface area contributed by atoms with Crippen LogP contribution in [0, 0.1) is 5.92 Å². The second-order valence-corrected chi connectivity index (χ2v) is 6.73. The van der Waals surface area contributed by atoms with Gasteiger partial charge in [-0.2, -0.15) is 0 Å². The van der Waals surface area contributed by atoms with Crippen molar-refractivity contribution in [1.29, 1.82) is 0 Å². The number of β-amino-alcohol motifs (C(OH)–C–C–N with tert-alkyl or cyclic N) is 1. The van der Waals surface area contributed by atoms with E-state index in [0.717, 1.165) is 23.0 Å². The molecule has 0 aliphatic carbocycles. The monoisotopic (exact) mass is 316 g/mol. The van der Waals surface area contributed by atoms with Crippen molar-refractivity contribution in [2.24, 2.45) is 5.92 Å². The Hall–Kier alpha value is -1.85. The van der Waals surface area contributed by atoms with Gasteiger partial charge < -0.3 is 19.3 Å². The lowest BCUT2D eigenvalue weighted by atomic mass is 9.96. The number of aliphatic hydroxyl groups excluding tert-OH is 1. The van der Waals surface area contributed by atoms with Crippen LogP contribution in [0.2, 0.25) is 0 Å². The van der Waals surface area contributed by atoms with Crippen molar-refractivity contribution in [2.45, 2.75) is 26.0 Å². The van der Waals surface area contributed by atoms with Crippen molar-refractivity contribution in [2.75, 3.05) is 27.2 Å². The van der Waals surface area contributed by atoms with Gasteiger partial charge in [0, 0.05) is 30.6 Å². The quantitative estimate of drug-likeness (QED) is 0.944. The molecule has 1 aliphatic heterocycles. The number of para-hydroxylation sites is 1. The van der Waals surface area contributed by atoms with Gasteiger partial charge in [0.1, 0.15) is 5.58 Å². The lowest BCUT2D eigenvalue weighted by molar-refractivity contribution is 0.0231. The summed E-state index contributed by atoms with van der Waals surface area (Å²) in [6, 6.07) is 7.74. The van der Waals surface area contributed by atoms with E-state index in [9.17, 15) is 9.90 Å². The first-order chi connectivity index (χ1) is 11.0. The normalized spacial score (nSPS) is 22.0. The summed E-state index contributed by atoms with van der Waals surface area (Å²) in [6.07, 6.45) is 0.352. The zero-order valence-corrected chi connectivity index (χ0v) is 14.0. The Bertz CT molecular complexity index is 707. The standard InChI is InChI=1S/C18H24N2O3/c1-12-8-9-20(11-15(12)21)18(22)17-14(10-19(2)3)13-6-4-5-7-16(13)23-17/h4-7,12,15,21H,8-11H2,1-3H3. The Kier molecular flexibility index (Phi) is 4.41. The van der Waals surface area contributed by atoms with Crippen LogP contribution in [0.1, 0.15) is 29.5 Å². The molecule has 2 atom stereocenters. The van der Waals surface area contributed by atoms with E-state index in [4.69, 9.17) is 4.42 Å². The van der Waals surface area contributed by atoms with Gasteiger partial charge in [-0.1, -0.05) is 25.1 Å². The molecule has 1 saturated heterocycles. The number of fused-ring (bicyclic) bond motifs is 1. The molecule has 1 N–H and O–H groups in total. The van der Waals surface area contributed by atoms with Crippen LogP contribution in [0.3, 0.4) is 0 Å². The first-order valence-corrected chi connectivity index (χ1v) is 8.10. The Morgan fingerprint density at radius 3 is 2.83 bits per heavy atom. The number of likely N-dealkylation sites (tertiary alicyclic amines) is 1. The number of amides is 1. The zero-order chi connectivity index (χ0) is 16.6. The maximum absolute atomic E-state index is 12.9. The highest BCUT2D eigenvalue weighted by molar-refractivity contribution is 5.99. The van der Waals surface area contributed by atoms with E-state index in [-0.39, 0.29) is 11.8 Å². The highest BCUT2D eigenvalue weighted by Crippen LogP contribution is 2.29. The van der Waals surface area contributed by atoms with E-state index in [2.05, 4.69) is 0 Å². The van der Waals surface area contributed by atoms with Gasteiger partial charge in [0.05, 0.1) is 6.10 Å². The Balaban J connectivity index is 1.96.